The number of β-amino-alcohol motifs (C(OH)–C–C–N with tert-alkyl or cyclic N) is 2. The molecule has 5 heteroatoms. The average Bonchev–Trinajstić information content (AvgIpc) is 2.70. The van der Waals surface area contributed by atoms with Crippen LogP contribution in [0.15, 0.2) is 24.3 Å². The van der Waals surface area contributed by atoms with Crippen molar-refractivity contribution in [3.8, 4) is 0 Å². The van der Waals surface area contributed by atoms with E-state index in [1.807, 2.05) is 12.1 Å². The van der Waals surface area contributed by atoms with Crippen molar-refractivity contribution in [2.45, 2.75) is 18.8 Å². The maximum Gasteiger partial charge on any atom is 0.254 e. The normalized spacial score (nSPS) is 23.4. The zero-order valence-corrected chi connectivity index (χ0v) is 10.2. The molecule has 1 aromatic rings. The molecule has 1 saturated heterocycles. The summed E-state index contributed by atoms with van der Waals surface area (Å²) in [5.74, 6) is -0.172. The van der Waals surface area contributed by atoms with E-state index in [-0.39, 0.29) is 19.0 Å². The lowest BCUT2D eigenvalue weighted by atomic mass is 10.1. The van der Waals surface area contributed by atoms with E-state index < -0.39 is 12.2 Å². The van der Waals surface area contributed by atoms with Gasteiger partial charge in [0.2, 0.25) is 0 Å². The van der Waals surface area contributed by atoms with Crippen LogP contribution in [0.2, 0.25) is 0 Å². The molecule has 0 unspecified atom stereocenters. The Kier molecular flexibility index (Phi) is 3.96. The van der Waals surface area contributed by atoms with Gasteiger partial charge >= 0.3 is 0 Å². The number of carbonyl (C=O) groups is 1. The molecule has 18 heavy (non-hydrogen) atoms. The predicted octanol–water partition coefficient (Wildman–Crippen LogP) is 0.0106. The number of likely N-dealkylation sites (tertiary alicyclic amines) is 1. The minimum Gasteiger partial charge on any atom is -0.388 e. The number of hydrogen-bond donors (Lipinski definition) is 2. The summed E-state index contributed by atoms with van der Waals surface area (Å²) in [6.45, 7) is 0.870. The fourth-order valence-corrected chi connectivity index (χ4v) is 2.03. The monoisotopic (exact) mass is 251 g/mol. The highest BCUT2D eigenvalue weighted by atomic mass is 16.5. The Morgan fingerprint density at radius 3 is 2.33 bits per heavy atom. The van der Waals surface area contributed by atoms with E-state index in [0.29, 0.717) is 12.2 Å². The molecule has 0 saturated carbocycles. The molecule has 2 N–H and O–H groups in total. The van der Waals surface area contributed by atoms with Gasteiger partial charge in [0, 0.05) is 25.8 Å². The molecule has 0 aromatic heterocycles. The van der Waals surface area contributed by atoms with Crippen molar-refractivity contribution < 1.29 is 19.7 Å². The van der Waals surface area contributed by atoms with Crippen molar-refractivity contribution >= 4 is 5.91 Å². The Morgan fingerprint density at radius 2 is 1.83 bits per heavy atom. The van der Waals surface area contributed by atoms with Gasteiger partial charge in [-0.05, 0) is 17.7 Å². The molecule has 1 amide bonds. The first-order valence-corrected chi connectivity index (χ1v) is 5.85. The quantitative estimate of drug-likeness (QED) is 0.794. The van der Waals surface area contributed by atoms with E-state index in [2.05, 4.69) is 0 Å². The fraction of sp³-hybridized carbons (Fsp3) is 0.462. The Labute approximate surface area is 106 Å². The molecule has 98 valence electrons. The predicted molar refractivity (Wildman–Crippen MR) is 65.1 cm³/mol. The number of carbonyl (C=O) groups excluding carboxylic acids is 1. The first-order chi connectivity index (χ1) is 8.61. The summed E-state index contributed by atoms with van der Waals surface area (Å²) in [6.07, 6.45) is -1.69. The van der Waals surface area contributed by atoms with Gasteiger partial charge in [0.15, 0.2) is 0 Å². The highest BCUT2D eigenvalue weighted by Crippen LogP contribution is 2.15. The van der Waals surface area contributed by atoms with Gasteiger partial charge in [0.1, 0.15) is 0 Å². The van der Waals surface area contributed by atoms with Gasteiger partial charge in [-0.2, -0.15) is 0 Å². The largest absolute Gasteiger partial charge is 0.388 e. The minimum absolute atomic E-state index is 0.172. The molecular formula is C13H17NO4. The van der Waals surface area contributed by atoms with E-state index in [1.54, 1.807) is 19.2 Å². The topological polar surface area (TPSA) is 70.0 Å². The number of benzene rings is 1. The van der Waals surface area contributed by atoms with E-state index in [9.17, 15) is 15.0 Å². The molecule has 1 aliphatic heterocycles. The molecule has 1 aromatic carbocycles. The van der Waals surface area contributed by atoms with E-state index >= 15 is 0 Å². The van der Waals surface area contributed by atoms with Crippen LogP contribution in [0.1, 0.15) is 15.9 Å². The second-order valence-electron chi connectivity index (χ2n) is 4.47. The third-order valence-electron chi connectivity index (χ3n) is 3.06. The Hall–Kier alpha value is -1.43. The van der Waals surface area contributed by atoms with Crippen LogP contribution < -0.4 is 0 Å². The number of ether oxygens (including phenoxy) is 1. The molecular weight excluding hydrogens is 234 g/mol. The standard InChI is InChI=1S/C13H17NO4/c1-18-8-9-2-4-10(5-3-9)13(17)14-6-11(15)12(16)7-14/h2-5,11-12,15-16H,6-8H2,1H3/t11-,12+. The zero-order valence-electron chi connectivity index (χ0n) is 10.2. The zero-order chi connectivity index (χ0) is 13.1. The number of aliphatic hydroxyl groups is 2. The average molecular weight is 251 g/mol. The van der Waals surface area contributed by atoms with Crippen molar-refractivity contribution in [3.63, 3.8) is 0 Å². The lowest BCUT2D eigenvalue weighted by Gasteiger charge is -2.15. The second kappa shape index (κ2) is 5.48. The third kappa shape index (κ3) is 2.69. The Bertz CT molecular complexity index is 408. The first-order valence-electron chi connectivity index (χ1n) is 5.85. The molecule has 2 rings (SSSR count). The van der Waals surface area contributed by atoms with Gasteiger partial charge in [0.05, 0.1) is 18.8 Å². The summed E-state index contributed by atoms with van der Waals surface area (Å²) in [5.41, 5.74) is 1.55. The van der Waals surface area contributed by atoms with Crippen LogP contribution in [0.4, 0.5) is 0 Å². The summed E-state index contributed by atoms with van der Waals surface area (Å²) in [5, 5.41) is 18.8. The Balaban J connectivity index is 2.05. The number of aliphatic hydroxyl groups excluding tert-OH is 2. The van der Waals surface area contributed by atoms with Gasteiger partial charge in [0.25, 0.3) is 5.91 Å². The van der Waals surface area contributed by atoms with Crippen molar-refractivity contribution in [2.24, 2.45) is 0 Å². The van der Waals surface area contributed by atoms with E-state index in [4.69, 9.17) is 4.74 Å². The molecule has 0 spiro atoms. The lowest BCUT2D eigenvalue weighted by molar-refractivity contribution is 0.0572. The molecule has 0 bridgehead atoms. The number of rotatable bonds is 3. The molecule has 5 nitrogen and oxygen atoms in total. The molecule has 1 aliphatic rings. The highest BCUT2D eigenvalue weighted by molar-refractivity contribution is 5.94. The number of hydrogen-bond acceptors (Lipinski definition) is 4. The van der Waals surface area contributed by atoms with Crippen molar-refractivity contribution in [1.29, 1.82) is 0 Å². The molecule has 2 atom stereocenters. The summed E-state index contributed by atoms with van der Waals surface area (Å²) in [4.78, 5) is 13.5. The van der Waals surface area contributed by atoms with Crippen molar-refractivity contribution in [1.82, 2.24) is 4.90 Å². The van der Waals surface area contributed by atoms with Crippen LogP contribution in [0.25, 0.3) is 0 Å². The van der Waals surface area contributed by atoms with E-state index in [1.165, 1.54) is 4.90 Å². The number of amides is 1. The fourth-order valence-electron chi connectivity index (χ4n) is 2.03. The maximum atomic E-state index is 12.1. The Morgan fingerprint density at radius 1 is 1.28 bits per heavy atom. The molecule has 0 aliphatic carbocycles. The number of methoxy groups -OCH3 is 1. The first kappa shape index (κ1) is 13.0. The maximum absolute atomic E-state index is 12.1. The van der Waals surface area contributed by atoms with Gasteiger partial charge in [-0.25, -0.2) is 0 Å². The molecule has 1 heterocycles. The molecule has 1 fully saturated rings. The summed E-state index contributed by atoms with van der Waals surface area (Å²) >= 11 is 0. The van der Waals surface area contributed by atoms with Gasteiger partial charge in [-0.1, -0.05) is 12.1 Å². The van der Waals surface area contributed by atoms with Gasteiger partial charge in [-0.3, -0.25) is 4.79 Å². The van der Waals surface area contributed by atoms with Crippen molar-refractivity contribution in [2.75, 3.05) is 20.2 Å². The summed E-state index contributed by atoms with van der Waals surface area (Å²) in [7, 11) is 1.62. The van der Waals surface area contributed by atoms with Crippen LogP contribution in [0, 0.1) is 0 Å². The van der Waals surface area contributed by atoms with Gasteiger partial charge < -0.3 is 19.8 Å². The number of nitrogens with zero attached hydrogens (tertiary/aromatic N) is 1. The summed E-state index contributed by atoms with van der Waals surface area (Å²) in [6, 6.07) is 7.13. The third-order valence-corrected chi connectivity index (χ3v) is 3.06. The lowest BCUT2D eigenvalue weighted by Crippen LogP contribution is -2.29. The van der Waals surface area contributed by atoms with Crippen LogP contribution >= 0.6 is 0 Å². The van der Waals surface area contributed by atoms with Crippen LogP contribution in [-0.4, -0.2) is 53.4 Å². The SMILES string of the molecule is COCc1ccc(C(=O)N2C[C@@H](O)[C@@H](O)C2)cc1. The molecule has 0 radical (unpaired) electrons. The van der Waals surface area contributed by atoms with Crippen molar-refractivity contribution in [3.05, 3.63) is 35.4 Å². The smallest absolute Gasteiger partial charge is 0.254 e. The van der Waals surface area contributed by atoms with Crippen LogP contribution in [-0.2, 0) is 11.3 Å². The minimum atomic E-state index is -0.846. The van der Waals surface area contributed by atoms with Gasteiger partial charge in [-0.15, -0.1) is 0 Å². The summed E-state index contributed by atoms with van der Waals surface area (Å²) < 4.78 is 4.99. The highest BCUT2D eigenvalue weighted by Gasteiger charge is 2.32. The second-order valence-corrected chi connectivity index (χ2v) is 4.47. The van der Waals surface area contributed by atoms with Crippen LogP contribution in [0.5, 0.6) is 0 Å². The van der Waals surface area contributed by atoms with E-state index in [0.717, 1.165) is 5.56 Å². The van der Waals surface area contributed by atoms with Crippen LogP contribution in [0.3, 0.4) is 0 Å².